The summed E-state index contributed by atoms with van der Waals surface area (Å²) >= 11 is 3.37. The zero-order valence-electron chi connectivity index (χ0n) is 11.8. The third-order valence-corrected chi connectivity index (χ3v) is 3.84. The average Bonchev–Trinajstić information content (AvgIpc) is 2.76. The Labute approximate surface area is 136 Å². The second-order valence-corrected chi connectivity index (χ2v) is 5.95. The Bertz CT molecular complexity index is 782. The Morgan fingerprint density at radius 3 is 2.50 bits per heavy atom. The average molecular weight is 357 g/mol. The van der Waals surface area contributed by atoms with Crippen molar-refractivity contribution < 1.29 is 9.59 Å². The van der Waals surface area contributed by atoms with E-state index in [0.717, 1.165) is 15.6 Å². The lowest BCUT2D eigenvalue weighted by Gasteiger charge is -2.14. The van der Waals surface area contributed by atoms with Crippen LogP contribution in [0, 0.1) is 6.92 Å². The number of nitrogens with one attached hydrogen (secondary N) is 1. The van der Waals surface area contributed by atoms with Crippen LogP contribution in [0.3, 0.4) is 0 Å². The van der Waals surface area contributed by atoms with Gasteiger partial charge in [-0.05, 0) is 42.8 Å². The number of aryl methyl sites for hydroxylation is 1. The summed E-state index contributed by atoms with van der Waals surface area (Å²) in [5.41, 5.74) is 5.23. The van der Waals surface area contributed by atoms with Gasteiger partial charge in [-0.25, -0.2) is 5.01 Å². The minimum absolute atomic E-state index is 0.124. The fourth-order valence-corrected chi connectivity index (χ4v) is 2.61. The number of carbonyl (C=O) groups is 2. The maximum atomic E-state index is 12.5. The van der Waals surface area contributed by atoms with E-state index < -0.39 is 5.91 Å². The molecule has 0 atom stereocenters. The van der Waals surface area contributed by atoms with Gasteiger partial charge in [-0.2, -0.15) is 0 Å². The molecule has 2 amide bonds. The van der Waals surface area contributed by atoms with Crippen molar-refractivity contribution in [2.75, 3.05) is 5.01 Å². The lowest BCUT2D eigenvalue weighted by Crippen LogP contribution is -2.35. The van der Waals surface area contributed by atoms with E-state index in [-0.39, 0.29) is 11.5 Å². The molecule has 0 aromatic heterocycles. The Morgan fingerprint density at radius 2 is 1.82 bits per heavy atom. The predicted molar refractivity (Wildman–Crippen MR) is 88.9 cm³/mol. The standard InChI is InChI=1S/C17H13BrN2O2/c1-11-5-7-14(8-6-11)20-17(22)15(16(21)19-20)10-12-3-2-4-13(18)9-12/h2-10H,1H3,(H,19,21)/b15-10-. The molecule has 4 nitrogen and oxygen atoms in total. The Morgan fingerprint density at radius 1 is 1.09 bits per heavy atom. The number of benzene rings is 2. The van der Waals surface area contributed by atoms with Crippen LogP contribution < -0.4 is 10.4 Å². The fraction of sp³-hybridized carbons (Fsp3) is 0.0588. The Kier molecular flexibility index (Phi) is 3.81. The molecule has 22 heavy (non-hydrogen) atoms. The summed E-state index contributed by atoms with van der Waals surface area (Å²) in [5.74, 6) is -0.751. The van der Waals surface area contributed by atoms with Gasteiger partial charge in [-0.1, -0.05) is 45.8 Å². The van der Waals surface area contributed by atoms with E-state index in [9.17, 15) is 9.59 Å². The first-order chi connectivity index (χ1) is 10.5. The number of nitrogens with zero attached hydrogens (tertiary/aromatic N) is 1. The van der Waals surface area contributed by atoms with E-state index in [2.05, 4.69) is 21.4 Å². The smallest absolute Gasteiger partial charge is 0.267 e. The van der Waals surface area contributed by atoms with Crippen LogP contribution in [0.25, 0.3) is 6.08 Å². The maximum absolute atomic E-state index is 12.5. The lowest BCUT2D eigenvalue weighted by molar-refractivity contribution is -0.117. The largest absolute Gasteiger partial charge is 0.282 e. The lowest BCUT2D eigenvalue weighted by atomic mass is 10.1. The first-order valence-corrected chi connectivity index (χ1v) is 7.53. The molecular formula is C17H13BrN2O2. The van der Waals surface area contributed by atoms with Crippen LogP contribution in [0.15, 0.2) is 58.6 Å². The molecule has 1 N–H and O–H groups in total. The summed E-state index contributed by atoms with van der Waals surface area (Å²) in [6.45, 7) is 1.97. The molecule has 1 aliphatic rings. The van der Waals surface area contributed by atoms with Gasteiger partial charge in [0, 0.05) is 4.47 Å². The summed E-state index contributed by atoms with van der Waals surface area (Å²) in [7, 11) is 0. The number of hydrogen-bond donors (Lipinski definition) is 1. The van der Waals surface area contributed by atoms with Gasteiger partial charge in [-0.15, -0.1) is 0 Å². The van der Waals surface area contributed by atoms with Crippen LogP contribution in [-0.2, 0) is 9.59 Å². The van der Waals surface area contributed by atoms with E-state index >= 15 is 0 Å². The minimum Gasteiger partial charge on any atom is -0.267 e. The molecule has 0 saturated carbocycles. The molecule has 1 fully saturated rings. The molecule has 0 spiro atoms. The molecule has 3 rings (SSSR count). The number of rotatable bonds is 2. The van der Waals surface area contributed by atoms with Gasteiger partial charge >= 0.3 is 0 Å². The first kappa shape index (κ1) is 14.5. The van der Waals surface area contributed by atoms with Gasteiger partial charge in [0.2, 0.25) is 0 Å². The molecule has 0 unspecified atom stereocenters. The molecule has 1 heterocycles. The van der Waals surface area contributed by atoms with Crippen molar-refractivity contribution in [3.63, 3.8) is 0 Å². The van der Waals surface area contributed by atoms with Crippen molar-refractivity contribution in [1.82, 2.24) is 5.43 Å². The minimum atomic E-state index is -0.398. The monoisotopic (exact) mass is 356 g/mol. The summed E-state index contributed by atoms with van der Waals surface area (Å²) in [6.07, 6.45) is 1.59. The van der Waals surface area contributed by atoms with Gasteiger partial charge in [0.25, 0.3) is 11.8 Å². The highest BCUT2D eigenvalue weighted by Gasteiger charge is 2.34. The van der Waals surface area contributed by atoms with E-state index in [1.54, 1.807) is 18.2 Å². The predicted octanol–water partition coefficient (Wildman–Crippen LogP) is 3.22. The van der Waals surface area contributed by atoms with E-state index in [1.807, 2.05) is 43.3 Å². The van der Waals surface area contributed by atoms with Gasteiger partial charge < -0.3 is 0 Å². The number of hydrogen-bond acceptors (Lipinski definition) is 2. The zero-order valence-corrected chi connectivity index (χ0v) is 13.4. The molecule has 5 heteroatoms. The second-order valence-electron chi connectivity index (χ2n) is 5.03. The molecule has 0 radical (unpaired) electrons. The Balaban J connectivity index is 1.93. The van der Waals surface area contributed by atoms with E-state index in [0.29, 0.717) is 5.69 Å². The van der Waals surface area contributed by atoms with Crippen LogP contribution in [0.1, 0.15) is 11.1 Å². The van der Waals surface area contributed by atoms with Crippen molar-refractivity contribution in [2.45, 2.75) is 6.92 Å². The van der Waals surface area contributed by atoms with Crippen LogP contribution in [0.5, 0.6) is 0 Å². The molecule has 1 saturated heterocycles. The van der Waals surface area contributed by atoms with Crippen molar-refractivity contribution in [3.05, 3.63) is 69.7 Å². The third-order valence-electron chi connectivity index (χ3n) is 3.34. The molecule has 0 aliphatic carbocycles. The first-order valence-electron chi connectivity index (χ1n) is 6.74. The molecule has 110 valence electrons. The maximum Gasteiger partial charge on any atom is 0.282 e. The number of anilines is 1. The number of amides is 2. The summed E-state index contributed by atoms with van der Waals surface area (Å²) < 4.78 is 0.892. The van der Waals surface area contributed by atoms with Crippen LogP contribution >= 0.6 is 15.9 Å². The SMILES string of the molecule is Cc1ccc(N2NC(=O)/C(=C/c3cccc(Br)c3)C2=O)cc1. The summed E-state index contributed by atoms with van der Waals surface area (Å²) in [4.78, 5) is 24.5. The van der Waals surface area contributed by atoms with Crippen LogP contribution in [-0.4, -0.2) is 11.8 Å². The highest BCUT2D eigenvalue weighted by Crippen LogP contribution is 2.22. The van der Waals surface area contributed by atoms with Gasteiger partial charge in [0.05, 0.1) is 5.69 Å². The van der Waals surface area contributed by atoms with E-state index in [4.69, 9.17) is 0 Å². The summed E-state index contributed by atoms with van der Waals surface area (Å²) in [6, 6.07) is 14.8. The number of carbonyl (C=O) groups excluding carboxylic acids is 2. The van der Waals surface area contributed by atoms with Crippen molar-refractivity contribution in [1.29, 1.82) is 0 Å². The van der Waals surface area contributed by atoms with Crippen molar-refractivity contribution >= 4 is 39.5 Å². The normalized spacial score (nSPS) is 16.3. The van der Waals surface area contributed by atoms with Crippen LogP contribution in [0.2, 0.25) is 0 Å². The number of halogens is 1. The summed E-state index contributed by atoms with van der Waals surface area (Å²) in [5, 5.41) is 1.27. The molecule has 2 aromatic rings. The highest BCUT2D eigenvalue weighted by atomic mass is 79.9. The molecule has 2 aromatic carbocycles. The molecular weight excluding hydrogens is 344 g/mol. The second kappa shape index (κ2) is 5.77. The molecule has 1 aliphatic heterocycles. The van der Waals surface area contributed by atoms with Gasteiger partial charge in [-0.3, -0.25) is 15.0 Å². The molecule has 0 bridgehead atoms. The quantitative estimate of drug-likeness (QED) is 0.663. The van der Waals surface area contributed by atoms with Gasteiger partial charge in [0.15, 0.2) is 0 Å². The van der Waals surface area contributed by atoms with E-state index in [1.165, 1.54) is 5.01 Å². The van der Waals surface area contributed by atoms with Crippen molar-refractivity contribution in [2.24, 2.45) is 0 Å². The van der Waals surface area contributed by atoms with Crippen molar-refractivity contribution in [3.8, 4) is 0 Å². The topological polar surface area (TPSA) is 49.4 Å². The Hall–Kier alpha value is -2.40. The third kappa shape index (κ3) is 2.80. The van der Waals surface area contributed by atoms with Crippen LogP contribution in [0.4, 0.5) is 5.69 Å². The highest BCUT2D eigenvalue weighted by molar-refractivity contribution is 9.10. The van der Waals surface area contributed by atoms with Gasteiger partial charge in [0.1, 0.15) is 5.57 Å². The number of hydrazine groups is 1. The fourth-order valence-electron chi connectivity index (χ4n) is 2.20. The zero-order chi connectivity index (χ0) is 15.7.